The quantitative estimate of drug-likeness (QED) is 0.398. The van der Waals surface area contributed by atoms with Crippen LogP contribution in [0.5, 0.6) is 0 Å². The maximum atomic E-state index is 14.8. The van der Waals surface area contributed by atoms with Crippen LogP contribution >= 0.6 is 23.2 Å². The fourth-order valence-electron chi connectivity index (χ4n) is 5.35. The van der Waals surface area contributed by atoms with Gasteiger partial charge in [0.1, 0.15) is 11.3 Å². The van der Waals surface area contributed by atoms with Crippen LogP contribution in [-0.2, 0) is 9.59 Å². The number of nitrogens with two attached hydrogens (primary N) is 1. The second-order valence-corrected chi connectivity index (χ2v) is 10.8. The number of aromatic nitrogens is 4. The summed E-state index contributed by atoms with van der Waals surface area (Å²) in [5.74, 6) is -0.267. The number of anilines is 3. The molecule has 2 fully saturated rings. The van der Waals surface area contributed by atoms with Crippen molar-refractivity contribution in [2.75, 3.05) is 23.7 Å². The van der Waals surface area contributed by atoms with E-state index < -0.39 is 5.82 Å². The van der Waals surface area contributed by atoms with E-state index in [4.69, 9.17) is 33.9 Å². The first-order chi connectivity index (χ1) is 18.2. The third kappa shape index (κ3) is 5.49. The molecule has 1 aromatic carbocycles. The highest BCUT2D eigenvalue weighted by Gasteiger charge is 2.30. The second-order valence-electron chi connectivity index (χ2n) is 9.93. The number of nitrogens with zero attached hydrogens (tertiary/aromatic N) is 5. The lowest BCUT2D eigenvalue weighted by Crippen LogP contribution is -2.44. The Morgan fingerprint density at radius 1 is 1.13 bits per heavy atom. The van der Waals surface area contributed by atoms with Gasteiger partial charge >= 0.3 is 0 Å². The number of hydrogen-bond acceptors (Lipinski definition) is 7. The molecule has 202 valence electrons. The van der Waals surface area contributed by atoms with Crippen molar-refractivity contribution in [1.29, 1.82) is 0 Å². The van der Waals surface area contributed by atoms with Gasteiger partial charge in [0.05, 0.1) is 16.9 Å². The van der Waals surface area contributed by atoms with Gasteiger partial charge in [0, 0.05) is 43.0 Å². The Kier molecular flexibility index (Phi) is 7.58. The number of benzene rings is 1. The Balaban J connectivity index is 1.50. The van der Waals surface area contributed by atoms with E-state index in [0.29, 0.717) is 55.3 Å². The van der Waals surface area contributed by atoms with E-state index in [1.807, 2.05) is 9.47 Å². The lowest BCUT2D eigenvalue weighted by atomic mass is 9.85. The molecule has 2 aliphatic rings. The molecule has 1 atom stereocenters. The molecule has 1 aliphatic heterocycles. The van der Waals surface area contributed by atoms with E-state index in [0.717, 1.165) is 19.4 Å². The number of piperidine rings is 1. The predicted octanol–water partition coefficient (Wildman–Crippen LogP) is 4.66. The summed E-state index contributed by atoms with van der Waals surface area (Å²) in [5.41, 5.74) is 6.69. The van der Waals surface area contributed by atoms with Gasteiger partial charge in [-0.3, -0.25) is 14.2 Å². The zero-order chi connectivity index (χ0) is 27.0. The number of amides is 2. The van der Waals surface area contributed by atoms with Crippen LogP contribution in [0.25, 0.3) is 11.2 Å². The number of likely N-dealkylation sites (tertiary alicyclic amines) is 1. The van der Waals surface area contributed by atoms with Crippen LogP contribution in [0.1, 0.15) is 51.5 Å². The van der Waals surface area contributed by atoms with Gasteiger partial charge in [-0.2, -0.15) is 4.98 Å². The SMILES string of the molecule is CC(=O)N1CCC[C@@H](Nc2ncc3nc(Nc4c(F)cc(Cl)cc4Cl)n([C@H]4CC[C@@H](C(N)=O)CC4)c3n2)C1. The molecular formula is C25H29Cl2FN8O2. The Hall–Kier alpha value is -3.18. The van der Waals surface area contributed by atoms with E-state index >= 15 is 0 Å². The minimum Gasteiger partial charge on any atom is -0.369 e. The Morgan fingerprint density at radius 2 is 1.89 bits per heavy atom. The highest BCUT2D eigenvalue weighted by atomic mass is 35.5. The number of hydrogen-bond donors (Lipinski definition) is 3. The number of nitrogens with one attached hydrogen (secondary N) is 2. The van der Waals surface area contributed by atoms with Crippen molar-refractivity contribution in [2.24, 2.45) is 11.7 Å². The summed E-state index contributed by atoms with van der Waals surface area (Å²) >= 11 is 12.2. The number of fused-ring (bicyclic) bond motifs is 1. The van der Waals surface area contributed by atoms with Crippen molar-refractivity contribution < 1.29 is 14.0 Å². The molecule has 2 aromatic heterocycles. The fourth-order valence-corrected chi connectivity index (χ4v) is 5.87. The lowest BCUT2D eigenvalue weighted by molar-refractivity contribution is -0.129. The van der Waals surface area contributed by atoms with Crippen LogP contribution in [-0.4, -0.2) is 55.4 Å². The number of rotatable bonds is 6. The van der Waals surface area contributed by atoms with Crippen molar-refractivity contribution >= 4 is 63.8 Å². The molecule has 2 amide bonds. The maximum Gasteiger partial charge on any atom is 0.225 e. The predicted molar refractivity (Wildman–Crippen MR) is 144 cm³/mol. The molecule has 4 N–H and O–H groups in total. The van der Waals surface area contributed by atoms with Crippen LogP contribution in [0.2, 0.25) is 10.0 Å². The zero-order valence-electron chi connectivity index (χ0n) is 20.9. The average Bonchev–Trinajstić information content (AvgIpc) is 3.23. The van der Waals surface area contributed by atoms with Crippen molar-refractivity contribution in [2.45, 2.75) is 57.5 Å². The monoisotopic (exact) mass is 562 g/mol. The van der Waals surface area contributed by atoms with Gasteiger partial charge in [-0.1, -0.05) is 23.2 Å². The Morgan fingerprint density at radius 3 is 2.58 bits per heavy atom. The summed E-state index contributed by atoms with van der Waals surface area (Å²) in [7, 11) is 0. The van der Waals surface area contributed by atoms with Gasteiger partial charge < -0.3 is 21.3 Å². The van der Waals surface area contributed by atoms with Crippen LogP contribution < -0.4 is 16.4 Å². The fraction of sp³-hybridized carbons (Fsp3) is 0.480. The summed E-state index contributed by atoms with van der Waals surface area (Å²) in [6, 6.07) is 2.59. The molecule has 0 unspecified atom stereocenters. The lowest BCUT2D eigenvalue weighted by Gasteiger charge is -2.32. The largest absolute Gasteiger partial charge is 0.369 e. The van der Waals surface area contributed by atoms with Crippen molar-refractivity contribution in [3.05, 3.63) is 34.2 Å². The Bertz CT molecular complexity index is 1350. The van der Waals surface area contributed by atoms with Gasteiger partial charge in [-0.25, -0.2) is 14.4 Å². The van der Waals surface area contributed by atoms with Crippen LogP contribution in [0.3, 0.4) is 0 Å². The topological polar surface area (TPSA) is 131 Å². The number of primary amides is 1. The summed E-state index contributed by atoms with van der Waals surface area (Å²) in [5, 5.41) is 6.70. The number of carbonyl (C=O) groups is 2. The zero-order valence-corrected chi connectivity index (χ0v) is 22.4. The molecule has 1 saturated heterocycles. The standard InChI is InChI=1S/C25H29Cl2FN8O2/c1-13(37)35-8-2-3-16(12-35)31-24-30-11-20-23(34-24)36(17-6-4-14(5-7-17)22(29)38)25(32-20)33-21-18(27)9-15(26)10-19(21)28/h9-11,14,16-17H,2-8,12H2,1H3,(H2,29,38)(H,32,33)(H,30,31,34)/t14-,16-,17+/m1/s1. The van der Waals surface area contributed by atoms with Crippen molar-refractivity contribution in [3.63, 3.8) is 0 Å². The molecule has 13 heteroatoms. The number of imidazole rings is 1. The molecule has 1 saturated carbocycles. The molecule has 5 rings (SSSR count). The van der Waals surface area contributed by atoms with E-state index in [1.165, 1.54) is 12.1 Å². The van der Waals surface area contributed by atoms with Gasteiger partial charge in [-0.15, -0.1) is 0 Å². The molecule has 3 aromatic rings. The molecule has 10 nitrogen and oxygen atoms in total. The average molecular weight is 563 g/mol. The van der Waals surface area contributed by atoms with Gasteiger partial charge in [0.25, 0.3) is 0 Å². The summed E-state index contributed by atoms with van der Waals surface area (Å²) < 4.78 is 16.7. The molecule has 0 radical (unpaired) electrons. The minimum atomic E-state index is -0.612. The first-order valence-corrected chi connectivity index (χ1v) is 13.4. The molecule has 0 bridgehead atoms. The van der Waals surface area contributed by atoms with E-state index in [2.05, 4.69) is 20.6 Å². The highest BCUT2D eigenvalue weighted by molar-refractivity contribution is 6.36. The molecule has 3 heterocycles. The first-order valence-electron chi connectivity index (χ1n) is 12.7. The van der Waals surface area contributed by atoms with Gasteiger partial charge in [0.15, 0.2) is 5.65 Å². The normalized spacial score (nSPS) is 21.9. The van der Waals surface area contributed by atoms with Crippen LogP contribution in [0.15, 0.2) is 18.3 Å². The van der Waals surface area contributed by atoms with E-state index in [-0.39, 0.29) is 45.5 Å². The van der Waals surface area contributed by atoms with Gasteiger partial charge in [-0.05, 0) is 50.7 Å². The molecule has 1 aliphatic carbocycles. The maximum absolute atomic E-state index is 14.8. The number of halogens is 3. The Labute approximate surface area is 229 Å². The third-order valence-corrected chi connectivity index (χ3v) is 7.86. The van der Waals surface area contributed by atoms with E-state index in [9.17, 15) is 14.0 Å². The third-order valence-electron chi connectivity index (χ3n) is 7.34. The molecule has 38 heavy (non-hydrogen) atoms. The second kappa shape index (κ2) is 10.9. The van der Waals surface area contributed by atoms with Gasteiger partial charge in [0.2, 0.25) is 23.7 Å². The summed E-state index contributed by atoms with van der Waals surface area (Å²) in [6.07, 6.45) is 6.02. The minimum absolute atomic E-state index is 0.0204. The van der Waals surface area contributed by atoms with Crippen molar-refractivity contribution in [1.82, 2.24) is 24.4 Å². The molecule has 0 spiro atoms. The van der Waals surface area contributed by atoms with Crippen LogP contribution in [0, 0.1) is 11.7 Å². The van der Waals surface area contributed by atoms with Crippen molar-refractivity contribution in [3.8, 4) is 0 Å². The summed E-state index contributed by atoms with van der Waals surface area (Å²) in [4.78, 5) is 39.3. The smallest absolute Gasteiger partial charge is 0.225 e. The highest BCUT2D eigenvalue weighted by Crippen LogP contribution is 2.38. The summed E-state index contributed by atoms with van der Waals surface area (Å²) in [6.45, 7) is 2.89. The number of carbonyl (C=O) groups excluding carboxylic acids is 2. The van der Waals surface area contributed by atoms with E-state index in [1.54, 1.807) is 13.1 Å². The molecular weight excluding hydrogens is 534 g/mol. The first kappa shape index (κ1) is 26.4. The van der Waals surface area contributed by atoms with Crippen LogP contribution in [0.4, 0.5) is 22.0 Å².